The van der Waals surface area contributed by atoms with Gasteiger partial charge in [-0.05, 0) is 26.7 Å². The summed E-state index contributed by atoms with van der Waals surface area (Å²) in [5.74, 6) is 0.442. The number of hydrogen-bond donors (Lipinski definition) is 2. The van der Waals surface area contributed by atoms with Crippen molar-refractivity contribution >= 4 is 23.6 Å². The van der Waals surface area contributed by atoms with E-state index in [9.17, 15) is 9.59 Å². The van der Waals surface area contributed by atoms with E-state index in [1.807, 2.05) is 18.4 Å². The Morgan fingerprint density at radius 3 is 2.56 bits per heavy atom. The molecule has 0 spiro atoms. The number of primary amides is 1. The molecule has 1 atom stereocenters. The average Bonchev–Trinajstić information content (AvgIpc) is 2.77. The third-order valence-corrected chi connectivity index (χ3v) is 5.64. The minimum atomic E-state index is -0.351. The van der Waals surface area contributed by atoms with E-state index in [4.69, 9.17) is 5.73 Å². The molecule has 1 fully saturated rings. The first-order chi connectivity index (χ1) is 12.0. The molecule has 140 valence electrons. The lowest BCUT2D eigenvalue weighted by Gasteiger charge is -2.19. The fraction of sp³-hybridized carbons (Fsp3) is 0.765. The molecular formula is C17H29N5O2S. The van der Waals surface area contributed by atoms with Crippen molar-refractivity contribution in [1.82, 2.24) is 20.1 Å². The predicted molar refractivity (Wildman–Crippen MR) is 98.2 cm³/mol. The van der Waals surface area contributed by atoms with Gasteiger partial charge < -0.3 is 15.6 Å². The van der Waals surface area contributed by atoms with Crippen molar-refractivity contribution in [2.75, 3.05) is 0 Å². The lowest BCUT2D eigenvalue weighted by atomic mass is 10.1. The van der Waals surface area contributed by atoms with Gasteiger partial charge in [0.05, 0.1) is 5.25 Å². The zero-order valence-corrected chi connectivity index (χ0v) is 16.0. The zero-order valence-electron chi connectivity index (χ0n) is 15.2. The van der Waals surface area contributed by atoms with Crippen molar-refractivity contribution in [1.29, 1.82) is 0 Å². The number of rotatable bonds is 8. The summed E-state index contributed by atoms with van der Waals surface area (Å²) in [5.41, 5.74) is 5.20. The third-order valence-electron chi connectivity index (χ3n) is 4.56. The number of amides is 2. The molecular weight excluding hydrogens is 338 g/mol. The summed E-state index contributed by atoms with van der Waals surface area (Å²) in [4.78, 5) is 23.5. The Morgan fingerprint density at radius 1 is 1.28 bits per heavy atom. The summed E-state index contributed by atoms with van der Waals surface area (Å²) < 4.78 is 1.95. The molecule has 1 heterocycles. The summed E-state index contributed by atoms with van der Waals surface area (Å²) in [6.07, 6.45) is 7.80. The molecule has 0 aromatic carbocycles. The van der Waals surface area contributed by atoms with Gasteiger partial charge in [-0.25, -0.2) is 0 Å². The van der Waals surface area contributed by atoms with Crippen LogP contribution < -0.4 is 11.1 Å². The number of carbonyl (C=O) groups is 2. The minimum Gasteiger partial charge on any atom is -0.370 e. The fourth-order valence-electron chi connectivity index (χ4n) is 3.10. The Morgan fingerprint density at radius 2 is 1.96 bits per heavy atom. The predicted octanol–water partition coefficient (Wildman–Crippen LogP) is 2.04. The van der Waals surface area contributed by atoms with Crippen molar-refractivity contribution < 1.29 is 9.59 Å². The van der Waals surface area contributed by atoms with Crippen LogP contribution in [0.5, 0.6) is 0 Å². The Hall–Kier alpha value is -1.57. The fourth-order valence-corrected chi connectivity index (χ4v) is 4.04. The summed E-state index contributed by atoms with van der Waals surface area (Å²) in [5, 5.41) is 12.0. The van der Waals surface area contributed by atoms with Crippen molar-refractivity contribution in [2.45, 2.75) is 88.2 Å². The van der Waals surface area contributed by atoms with E-state index in [1.165, 1.54) is 37.4 Å². The molecule has 0 unspecified atom stereocenters. The highest BCUT2D eigenvalue weighted by molar-refractivity contribution is 8.00. The molecule has 1 aliphatic rings. The van der Waals surface area contributed by atoms with Gasteiger partial charge in [0, 0.05) is 25.4 Å². The average molecular weight is 368 g/mol. The molecule has 25 heavy (non-hydrogen) atoms. The molecule has 0 bridgehead atoms. The van der Waals surface area contributed by atoms with Crippen LogP contribution in [0.15, 0.2) is 5.16 Å². The molecule has 2 rings (SSSR count). The highest BCUT2D eigenvalue weighted by atomic mass is 32.2. The largest absolute Gasteiger partial charge is 0.370 e. The normalized spacial score (nSPS) is 17.0. The van der Waals surface area contributed by atoms with Crippen molar-refractivity contribution in [3.8, 4) is 0 Å². The Balaban J connectivity index is 1.93. The number of nitrogens with one attached hydrogen (secondary N) is 1. The first-order valence-electron chi connectivity index (χ1n) is 9.18. The minimum absolute atomic E-state index is 0.0567. The second-order valence-corrected chi connectivity index (χ2v) is 7.87. The lowest BCUT2D eigenvalue weighted by molar-refractivity contribution is -0.121. The number of nitrogens with two attached hydrogens (primary N) is 1. The third kappa shape index (κ3) is 6.02. The summed E-state index contributed by atoms with van der Waals surface area (Å²) in [6, 6.07) is 0.299. The van der Waals surface area contributed by atoms with Crippen LogP contribution in [0.1, 0.15) is 64.6 Å². The van der Waals surface area contributed by atoms with Crippen LogP contribution in [0, 0.1) is 0 Å². The van der Waals surface area contributed by atoms with Crippen molar-refractivity contribution in [2.24, 2.45) is 5.73 Å². The summed E-state index contributed by atoms with van der Waals surface area (Å²) >= 11 is 1.41. The van der Waals surface area contributed by atoms with Gasteiger partial charge in [-0.1, -0.05) is 37.4 Å². The van der Waals surface area contributed by atoms with E-state index >= 15 is 0 Å². The Labute approximate surface area is 153 Å². The van der Waals surface area contributed by atoms with Gasteiger partial charge in [0.25, 0.3) is 0 Å². The van der Waals surface area contributed by atoms with Crippen LogP contribution in [0.2, 0.25) is 0 Å². The van der Waals surface area contributed by atoms with E-state index in [-0.39, 0.29) is 23.5 Å². The van der Waals surface area contributed by atoms with E-state index in [0.717, 1.165) is 18.7 Å². The Kier molecular flexibility index (Phi) is 7.74. The second kappa shape index (κ2) is 9.79. The highest BCUT2D eigenvalue weighted by Gasteiger charge is 2.22. The van der Waals surface area contributed by atoms with Crippen LogP contribution in [-0.4, -0.2) is 37.9 Å². The maximum atomic E-state index is 12.5. The number of nitrogens with zero attached hydrogens (tertiary/aromatic N) is 3. The van der Waals surface area contributed by atoms with Gasteiger partial charge in [-0.15, -0.1) is 10.2 Å². The standard InChI is InChI=1S/C17H29N5O2S/c1-3-22-15(11-10-14(18)23)20-21-17(22)25-12(2)16(24)19-13-8-6-4-5-7-9-13/h12-13H,3-11H2,1-2H3,(H2,18,23)(H,19,24)/t12-/m1/s1. The van der Waals surface area contributed by atoms with Crippen LogP contribution in [0.25, 0.3) is 0 Å². The van der Waals surface area contributed by atoms with Crippen molar-refractivity contribution in [3.63, 3.8) is 0 Å². The SMILES string of the molecule is CCn1c(CCC(N)=O)nnc1S[C@H](C)C(=O)NC1CCCCCC1. The number of aryl methyl sites for hydroxylation is 1. The van der Waals surface area contributed by atoms with E-state index in [0.29, 0.717) is 24.2 Å². The van der Waals surface area contributed by atoms with E-state index < -0.39 is 0 Å². The van der Waals surface area contributed by atoms with Crippen molar-refractivity contribution in [3.05, 3.63) is 5.82 Å². The quantitative estimate of drug-likeness (QED) is 0.540. The maximum absolute atomic E-state index is 12.5. The molecule has 7 nitrogen and oxygen atoms in total. The molecule has 8 heteroatoms. The van der Waals surface area contributed by atoms with Gasteiger partial charge in [0.15, 0.2) is 5.16 Å². The number of carbonyl (C=O) groups excluding carboxylic acids is 2. The monoisotopic (exact) mass is 367 g/mol. The second-order valence-electron chi connectivity index (χ2n) is 6.57. The van der Waals surface area contributed by atoms with E-state index in [1.54, 1.807) is 0 Å². The molecule has 0 radical (unpaired) electrons. The van der Waals surface area contributed by atoms with Crippen LogP contribution in [-0.2, 0) is 22.6 Å². The van der Waals surface area contributed by atoms with Gasteiger partial charge in [0.1, 0.15) is 5.82 Å². The molecule has 3 N–H and O–H groups in total. The highest BCUT2D eigenvalue weighted by Crippen LogP contribution is 2.24. The van der Waals surface area contributed by atoms with Gasteiger partial charge >= 0.3 is 0 Å². The molecule has 2 amide bonds. The van der Waals surface area contributed by atoms with Crippen LogP contribution in [0.4, 0.5) is 0 Å². The lowest BCUT2D eigenvalue weighted by Crippen LogP contribution is -2.39. The molecule has 1 aromatic rings. The summed E-state index contributed by atoms with van der Waals surface area (Å²) in [7, 11) is 0. The molecule has 1 aromatic heterocycles. The smallest absolute Gasteiger partial charge is 0.233 e. The maximum Gasteiger partial charge on any atom is 0.233 e. The van der Waals surface area contributed by atoms with E-state index in [2.05, 4.69) is 15.5 Å². The molecule has 0 aliphatic heterocycles. The molecule has 1 saturated carbocycles. The zero-order chi connectivity index (χ0) is 18.2. The van der Waals surface area contributed by atoms with Crippen LogP contribution >= 0.6 is 11.8 Å². The molecule has 1 aliphatic carbocycles. The number of hydrogen-bond acceptors (Lipinski definition) is 5. The topological polar surface area (TPSA) is 103 Å². The van der Waals surface area contributed by atoms with Gasteiger partial charge in [-0.3, -0.25) is 9.59 Å². The van der Waals surface area contributed by atoms with Gasteiger partial charge in [-0.2, -0.15) is 0 Å². The van der Waals surface area contributed by atoms with Gasteiger partial charge in [0.2, 0.25) is 11.8 Å². The number of aromatic nitrogens is 3. The first-order valence-corrected chi connectivity index (χ1v) is 10.1. The first kappa shape index (κ1) is 19.8. The summed E-state index contributed by atoms with van der Waals surface area (Å²) in [6.45, 7) is 4.59. The molecule has 0 saturated heterocycles. The van der Waals surface area contributed by atoms with Crippen LogP contribution in [0.3, 0.4) is 0 Å². The number of thioether (sulfide) groups is 1. The Bertz CT molecular complexity index is 582.